The Morgan fingerprint density at radius 2 is 2.00 bits per heavy atom. The molecule has 0 aliphatic carbocycles. The highest BCUT2D eigenvalue weighted by molar-refractivity contribution is 5.95. The van der Waals surface area contributed by atoms with Crippen molar-refractivity contribution in [2.24, 2.45) is 0 Å². The van der Waals surface area contributed by atoms with Gasteiger partial charge in [-0.05, 0) is 39.0 Å². The van der Waals surface area contributed by atoms with E-state index >= 15 is 0 Å². The topological polar surface area (TPSA) is 51.9 Å². The number of carbonyl (C=O) groups excluding carboxylic acids is 1. The van der Waals surface area contributed by atoms with Crippen LogP contribution in [0.15, 0.2) is 34.7 Å². The van der Waals surface area contributed by atoms with Crippen LogP contribution < -0.4 is 9.47 Å². The summed E-state index contributed by atoms with van der Waals surface area (Å²) in [5.41, 5.74) is 0.612. The fourth-order valence-electron chi connectivity index (χ4n) is 2.77. The highest BCUT2D eigenvalue weighted by atomic mass is 16.6. The van der Waals surface area contributed by atoms with Crippen LogP contribution >= 0.6 is 0 Å². The summed E-state index contributed by atoms with van der Waals surface area (Å²) in [5, 5.41) is 0. The number of amides is 1. The SMILES string of the molecule is CCN(CC1COc2ccccc2O1)C(=O)c1cc(C)oc1C. The van der Waals surface area contributed by atoms with Crippen molar-refractivity contribution in [3.8, 4) is 11.5 Å². The van der Waals surface area contributed by atoms with Crippen LogP contribution in [0.25, 0.3) is 0 Å². The fraction of sp³-hybridized carbons (Fsp3) is 0.389. The minimum atomic E-state index is -0.179. The van der Waals surface area contributed by atoms with Gasteiger partial charge in [0.15, 0.2) is 17.6 Å². The van der Waals surface area contributed by atoms with Crippen molar-refractivity contribution in [3.05, 3.63) is 47.4 Å². The molecule has 3 rings (SSSR count). The highest BCUT2D eigenvalue weighted by Gasteiger charge is 2.26. The van der Waals surface area contributed by atoms with Gasteiger partial charge in [0.2, 0.25) is 0 Å². The van der Waals surface area contributed by atoms with E-state index in [-0.39, 0.29) is 12.0 Å². The molecule has 0 bridgehead atoms. The van der Waals surface area contributed by atoms with Crippen molar-refractivity contribution < 1.29 is 18.7 Å². The summed E-state index contributed by atoms with van der Waals surface area (Å²) in [5.74, 6) is 2.83. The van der Waals surface area contributed by atoms with Gasteiger partial charge in [0.1, 0.15) is 18.1 Å². The molecule has 1 aliphatic heterocycles. The van der Waals surface area contributed by atoms with Crippen LogP contribution in [0.2, 0.25) is 0 Å². The Morgan fingerprint density at radius 1 is 1.26 bits per heavy atom. The van der Waals surface area contributed by atoms with E-state index in [0.717, 1.165) is 17.3 Å². The van der Waals surface area contributed by atoms with Gasteiger partial charge in [0, 0.05) is 6.54 Å². The molecule has 1 aromatic heterocycles. The molecule has 2 heterocycles. The second kappa shape index (κ2) is 6.36. The van der Waals surface area contributed by atoms with E-state index in [1.165, 1.54) is 0 Å². The summed E-state index contributed by atoms with van der Waals surface area (Å²) in [6.45, 7) is 7.12. The second-order valence-electron chi connectivity index (χ2n) is 5.67. The van der Waals surface area contributed by atoms with Gasteiger partial charge in [0.25, 0.3) is 5.91 Å². The van der Waals surface area contributed by atoms with Gasteiger partial charge in [0.05, 0.1) is 12.1 Å². The van der Waals surface area contributed by atoms with Crippen LogP contribution in [-0.2, 0) is 0 Å². The van der Waals surface area contributed by atoms with Crippen LogP contribution in [0.5, 0.6) is 11.5 Å². The number of likely N-dealkylation sites (N-methyl/N-ethyl adjacent to an activating group) is 1. The maximum absolute atomic E-state index is 12.7. The van der Waals surface area contributed by atoms with Crippen LogP contribution in [0.4, 0.5) is 0 Å². The van der Waals surface area contributed by atoms with Gasteiger partial charge < -0.3 is 18.8 Å². The smallest absolute Gasteiger partial charge is 0.257 e. The quantitative estimate of drug-likeness (QED) is 0.869. The van der Waals surface area contributed by atoms with Gasteiger partial charge in [-0.1, -0.05) is 12.1 Å². The molecule has 0 N–H and O–H groups in total. The second-order valence-corrected chi connectivity index (χ2v) is 5.67. The van der Waals surface area contributed by atoms with E-state index in [1.54, 1.807) is 11.0 Å². The van der Waals surface area contributed by atoms with Gasteiger partial charge in [-0.2, -0.15) is 0 Å². The molecule has 1 amide bonds. The Labute approximate surface area is 135 Å². The number of benzene rings is 1. The van der Waals surface area contributed by atoms with Gasteiger partial charge in [-0.3, -0.25) is 4.79 Å². The number of hydrogen-bond acceptors (Lipinski definition) is 4. The van der Waals surface area contributed by atoms with Crippen LogP contribution in [0.3, 0.4) is 0 Å². The summed E-state index contributed by atoms with van der Waals surface area (Å²) in [7, 11) is 0. The lowest BCUT2D eigenvalue weighted by Crippen LogP contribution is -2.43. The Bertz CT molecular complexity index is 707. The number of fused-ring (bicyclic) bond motifs is 1. The molecule has 1 aliphatic rings. The molecular formula is C18H21NO4. The molecule has 2 aromatic rings. The minimum Gasteiger partial charge on any atom is -0.486 e. The standard InChI is InChI=1S/C18H21NO4/c1-4-19(18(20)15-9-12(2)22-13(15)3)10-14-11-21-16-7-5-6-8-17(16)23-14/h5-9,14H,4,10-11H2,1-3H3. The lowest BCUT2D eigenvalue weighted by molar-refractivity contribution is 0.0474. The number of nitrogens with zero attached hydrogens (tertiary/aromatic N) is 1. The van der Waals surface area contributed by atoms with Crippen molar-refractivity contribution >= 4 is 5.91 Å². The first-order chi connectivity index (χ1) is 11.1. The summed E-state index contributed by atoms with van der Waals surface area (Å²) in [4.78, 5) is 14.5. The molecule has 0 saturated heterocycles. The van der Waals surface area contributed by atoms with E-state index in [1.807, 2.05) is 45.0 Å². The van der Waals surface area contributed by atoms with Crippen molar-refractivity contribution in [2.75, 3.05) is 19.7 Å². The Hall–Kier alpha value is -2.43. The zero-order chi connectivity index (χ0) is 16.4. The van der Waals surface area contributed by atoms with Gasteiger partial charge in [-0.15, -0.1) is 0 Å². The molecule has 23 heavy (non-hydrogen) atoms. The highest BCUT2D eigenvalue weighted by Crippen LogP contribution is 2.31. The number of aryl methyl sites for hydroxylation is 2. The largest absolute Gasteiger partial charge is 0.486 e. The lowest BCUT2D eigenvalue weighted by Gasteiger charge is -2.30. The van der Waals surface area contributed by atoms with Crippen molar-refractivity contribution in [1.29, 1.82) is 0 Å². The fourth-order valence-corrected chi connectivity index (χ4v) is 2.77. The predicted octanol–water partition coefficient (Wildman–Crippen LogP) is 3.20. The van der Waals surface area contributed by atoms with Crippen LogP contribution in [0.1, 0.15) is 28.8 Å². The number of para-hydroxylation sites is 2. The minimum absolute atomic E-state index is 0.0377. The molecule has 1 aromatic carbocycles. The first-order valence-corrected chi connectivity index (χ1v) is 7.83. The molecule has 5 nitrogen and oxygen atoms in total. The number of carbonyl (C=O) groups is 1. The molecular weight excluding hydrogens is 294 g/mol. The van der Waals surface area contributed by atoms with Crippen LogP contribution in [-0.4, -0.2) is 36.6 Å². The van der Waals surface area contributed by atoms with E-state index in [4.69, 9.17) is 13.9 Å². The van der Waals surface area contributed by atoms with Gasteiger partial charge in [-0.25, -0.2) is 0 Å². The molecule has 122 valence electrons. The maximum Gasteiger partial charge on any atom is 0.257 e. The average Bonchev–Trinajstić information content (AvgIpc) is 2.90. The number of ether oxygens (including phenoxy) is 2. The monoisotopic (exact) mass is 315 g/mol. The van der Waals surface area contributed by atoms with Crippen molar-refractivity contribution in [3.63, 3.8) is 0 Å². The molecule has 0 fully saturated rings. The molecule has 0 saturated carbocycles. The summed E-state index contributed by atoms with van der Waals surface area (Å²) >= 11 is 0. The predicted molar refractivity (Wildman–Crippen MR) is 86.1 cm³/mol. The molecule has 1 atom stereocenters. The molecule has 0 spiro atoms. The van der Waals surface area contributed by atoms with E-state index in [2.05, 4.69) is 0 Å². The molecule has 1 unspecified atom stereocenters. The average molecular weight is 315 g/mol. The number of furan rings is 1. The lowest BCUT2D eigenvalue weighted by atomic mass is 10.2. The summed E-state index contributed by atoms with van der Waals surface area (Å²) in [6, 6.07) is 9.36. The first kappa shape index (κ1) is 15.5. The Kier molecular flexibility index (Phi) is 4.28. The summed E-state index contributed by atoms with van der Waals surface area (Å²) < 4.78 is 17.1. The Morgan fingerprint density at radius 3 is 2.65 bits per heavy atom. The maximum atomic E-state index is 12.7. The molecule has 0 radical (unpaired) electrons. The van der Waals surface area contributed by atoms with E-state index < -0.39 is 0 Å². The van der Waals surface area contributed by atoms with Crippen molar-refractivity contribution in [2.45, 2.75) is 26.9 Å². The normalized spacial score (nSPS) is 16.2. The molecule has 5 heteroatoms. The van der Waals surface area contributed by atoms with Gasteiger partial charge >= 0.3 is 0 Å². The number of hydrogen-bond donors (Lipinski definition) is 0. The van der Waals surface area contributed by atoms with E-state index in [0.29, 0.717) is 31.0 Å². The van der Waals surface area contributed by atoms with Crippen molar-refractivity contribution in [1.82, 2.24) is 4.90 Å². The third-order valence-corrected chi connectivity index (χ3v) is 3.93. The third kappa shape index (κ3) is 3.18. The first-order valence-electron chi connectivity index (χ1n) is 7.83. The van der Waals surface area contributed by atoms with Crippen LogP contribution in [0, 0.1) is 13.8 Å². The zero-order valence-corrected chi connectivity index (χ0v) is 13.7. The summed E-state index contributed by atoms with van der Waals surface area (Å²) in [6.07, 6.45) is -0.179. The number of rotatable bonds is 4. The Balaban J connectivity index is 1.71. The van der Waals surface area contributed by atoms with E-state index in [9.17, 15) is 4.79 Å². The zero-order valence-electron chi connectivity index (χ0n) is 13.7. The third-order valence-electron chi connectivity index (χ3n) is 3.93.